The van der Waals surface area contributed by atoms with Gasteiger partial charge < -0.3 is 9.08 Å². The number of halogens is 1. The number of para-hydroxylation sites is 1. The first-order valence-electron chi connectivity index (χ1n) is 11.7. The van der Waals surface area contributed by atoms with Crippen molar-refractivity contribution in [1.29, 1.82) is 0 Å². The average Bonchev–Trinajstić information content (AvgIpc) is 3.22. The van der Waals surface area contributed by atoms with Gasteiger partial charge in [-0.05, 0) is 50.6 Å². The molecule has 0 spiro atoms. The van der Waals surface area contributed by atoms with Gasteiger partial charge in [-0.15, -0.1) is 4.72 Å². The van der Waals surface area contributed by atoms with Gasteiger partial charge in [0.25, 0.3) is 0 Å². The van der Waals surface area contributed by atoms with E-state index in [0.717, 1.165) is 27.9 Å². The van der Waals surface area contributed by atoms with Crippen LogP contribution in [0, 0.1) is 5.82 Å². The molecule has 0 radical (unpaired) electrons. The zero-order valence-corrected chi connectivity index (χ0v) is 22.9. The third-order valence-electron chi connectivity index (χ3n) is 5.80. The Balaban J connectivity index is 1.81. The molecule has 0 saturated heterocycles. The number of nitrogens with zero attached hydrogens (tertiary/aromatic N) is 2. The zero-order valence-electron chi connectivity index (χ0n) is 21.1. The molecule has 8 heteroatoms. The number of hydrogen-bond acceptors (Lipinski definition) is 5. The Hall–Kier alpha value is -2.52. The van der Waals surface area contributed by atoms with Crippen LogP contribution in [-0.4, -0.2) is 27.5 Å². The van der Waals surface area contributed by atoms with Crippen molar-refractivity contribution in [3.05, 3.63) is 77.7 Å². The molecule has 2 aromatic heterocycles. The van der Waals surface area contributed by atoms with Gasteiger partial charge in [0.15, 0.2) is 5.58 Å². The summed E-state index contributed by atoms with van der Waals surface area (Å²) in [6, 6.07) is 18.6. The first-order chi connectivity index (χ1) is 16.4. The summed E-state index contributed by atoms with van der Waals surface area (Å²) in [6.07, 6.45) is 0.451. The van der Waals surface area contributed by atoms with Crippen LogP contribution in [0.3, 0.4) is 0 Å². The summed E-state index contributed by atoms with van der Waals surface area (Å²) in [5.74, 6) is -0.259. The van der Waals surface area contributed by atoms with Crippen molar-refractivity contribution in [3.63, 3.8) is 0 Å². The minimum atomic E-state index is -1.98. The Morgan fingerprint density at radius 1 is 1.03 bits per heavy atom. The van der Waals surface area contributed by atoms with Crippen molar-refractivity contribution in [3.8, 4) is 11.3 Å². The molecule has 2 aromatic carbocycles. The standard InChI is InChI=1S/C27H32FN3O2SSi/c1-27(2,3)34(32)31-23(17-18-15-16-22(28)26(29-18)35(4,5)6)19-11-7-8-12-20(19)25-21-13-9-10-14-24(21)33-30-25/h7-16,23,31H,17H2,1-6H3. The molecule has 2 atom stereocenters. The molecule has 1 N–H and O–H groups in total. The number of fused-ring (bicyclic) bond motifs is 1. The number of nitrogens with one attached hydrogen (secondary N) is 1. The van der Waals surface area contributed by atoms with Gasteiger partial charge >= 0.3 is 0 Å². The highest BCUT2D eigenvalue weighted by atomic mass is 32.2. The van der Waals surface area contributed by atoms with E-state index in [1.165, 1.54) is 6.07 Å². The second kappa shape index (κ2) is 9.85. The molecular weight excluding hydrogens is 477 g/mol. The Kier molecular flexibility index (Phi) is 7.20. The Morgan fingerprint density at radius 2 is 1.71 bits per heavy atom. The van der Waals surface area contributed by atoms with E-state index in [1.54, 1.807) is 6.07 Å². The minimum Gasteiger partial charge on any atom is -0.598 e. The van der Waals surface area contributed by atoms with Crippen LogP contribution in [0.25, 0.3) is 22.2 Å². The third-order valence-corrected chi connectivity index (χ3v) is 9.18. The van der Waals surface area contributed by atoms with Crippen LogP contribution in [0.15, 0.2) is 65.2 Å². The lowest BCUT2D eigenvalue weighted by Crippen LogP contribution is -2.44. The van der Waals surface area contributed by atoms with Crippen molar-refractivity contribution in [1.82, 2.24) is 14.9 Å². The van der Waals surface area contributed by atoms with Crippen LogP contribution in [-0.2, 0) is 17.8 Å². The Morgan fingerprint density at radius 3 is 2.43 bits per heavy atom. The fourth-order valence-electron chi connectivity index (χ4n) is 3.95. The van der Waals surface area contributed by atoms with Crippen molar-refractivity contribution in [2.24, 2.45) is 0 Å². The average molecular weight is 510 g/mol. The summed E-state index contributed by atoms with van der Waals surface area (Å²) >= 11 is -1.34. The number of aromatic nitrogens is 2. The lowest BCUT2D eigenvalue weighted by Gasteiger charge is -2.29. The second-order valence-corrected chi connectivity index (χ2v) is 17.7. The summed E-state index contributed by atoms with van der Waals surface area (Å²) in [5.41, 5.74) is 4.03. The molecule has 0 saturated carbocycles. The van der Waals surface area contributed by atoms with Crippen LogP contribution in [0.2, 0.25) is 19.6 Å². The summed E-state index contributed by atoms with van der Waals surface area (Å²) in [5, 5.41) is 5.83. The molecule has 0 aliphatic carbocycles. The largest absolute Gasteiger partial charge is 0.598 e. The molecule has 0 fully saturated rings. The molecule has 0 aliphatic heterocycles. The SMILES string of the molecule is CC(C)(C)[S+]([O-])NC(Cc1ccc(F)c([Si](C)(C)C)n1)c1ccccc1-c1noc2ccccc12. The monoisotopic (exact) mass is 509 g/mol. The maximum absolute atomic E-state index is 14.6. The topological polar surface area (TPSA) is 74.0 Å². The van der Waals surface area contributed by atoms with Crippen molar-refractivity contribution < 1.29 is 13.5 Å². The Labute approximate surface area is 210 Å². The maximum atomic E-state index is 14.6. The molecule has 2 unspecified atom stereocenters. The number of rotatable bonds is 7. The fraction of sp³-hybridized carbons (Fsp3) is 0.333. The van der Waals surface area contributed by atoms with Gasteiger partial charge in [-0.1, -0.05) is 61.2 Å². The molecule has 4 aromatic rings. The molecule has 0 aliphatic rings. The van der Waals surface area contributed by atoms with E-state index >= 15 is 0 Å². The van der Waals surface area contributed by atoms with E-state index in [2.05, 4.69) is 29.5 Å². The van der Waals surface area contributed by atoms with Crippen LogP contribution in [0.1, 0.15) is 38.1 Å². The van der Waals surface area contributed by atoms with Gasteiger partial charge in [0.05, 0.1) is 11.4 Å². The first-order valence-corrected chi connectivity index (χ1v) is 16.4. The van der Waals surface area contributed by atoms with E-state index in [1.807, 2.05) is 69.3 Å². The number of benzene rings is 2. The lowest BCUT2D eigenvalue weighted by atomic mass is 9.94. The maximum Gasteiger partial charge on any atom is 0.167 e. The van der Waals surface area contributed by atoms with Gasteiger partial charge in [-0.3, -0.25) is 4.98 Å². The molecule has 184 valence electrons. The minimum absolute atomic E-state index is 0.259. The highest BCUT2D eigenvalue weighted by molar-refractivity contribution is 7.90. The quantitative estimate of drug-likeness (QED) is 0.248. The Bertz CT molecular complexity index is 1330. The summed E-state index contributed by atoms with van der Waals surface area (Å²) in [7, 11) is -1.98. The summed E-state index contributed by atoms with van der Waals surface area (Å²) in [6.45, 7) is 12.0. The van der Waals surface area contributed by atoms with Gasteiger partial charge in [0.1, 0.15) is 24.3 Å². The van der Waals surface area contributed by atoms with Crippen LogP contribution in [0.4, 0.5) is 4.39 Å². The predicted octanol–water partition coefficient (Wildman–Crippen LogP) is 5.91. The smallest absolute Gasteiger partial charge is 0.167 e. The van der Waals surface area contributed by atoms with Crippen LogP contribution < -0.4 is 10.0 Å². The van der Waals surface area contributed by atoms with E-state index in [-0.39, 0.29) is 11.9 Å². The third kappa shape index (κ3) is 5.67. The highest BCUT2D eigenvalue weighted by Gasteiger charge is 2.32. The van der Waals surface area contributed by atoms with E-state index in [0.29, 0.717) is 17.3 Å². The highest BCUT2D eigenvalue weighted by Crippen LogP contribution is 2.35. The number of hydrogen-bond donors (Lipinski definition) is 1. The molecule has 2 heterocycles. The van der Waals surface area contributed by atoms with Crippen molar-refractivity contribution in [2.75, 3.05) is 0 Å². The fourth-order valence-corrected chi connectivity index (χ4v) is 6.05. The molecule has 35 heavy (non-hydrogen) atoms. The van der Waals surface area contributed by atoms with Gasteiger partial charge in [0.2, 0.25) is 0 Å². The van der Waals surface area contributed by atoms with E-state index in [4.69, 9.17) is 9.51 Å². The van der Waals surface area contributed by atoms with Crippen LogP contribution in [0.5, 0.6) is 0 Å². The molecule has 0 bridgehead atoms. The lowest BCUT2D eigenvalue weighted by molar-refractivity contribution is 0.459. The molecule has 5 nitrogen and oxygen atoms in total. The summed E-state index contributed by atoms with van der Waals surface area (Å²) < 4.78 is 36.3. The zero-order chi connectivity index (χ0) is 25.4. The van der Waals surface area contributed by atoms with E-state index < -0.39 is 24.2 Å². The molecular formula is C27H32FN3O2SSi. The van der Waals surface area contributed by atoms with Crippen LogP contribution >= 0.6 is 0 Å². The molecule has 0 amide bonds. The second-order valence-electron chi connectivity index (χ2n) is 10.8. The van der Waals surface area contributed by atoms with Crippen molar-refractivity contribution >= 4 is 35.7 Å². The normalized spacial score (nSPS) is 14.3. The summed E-state index contributed by atoms with van der Waals surface area (Å²) in [4.78, 5) is 4.73. The van der Waals surface area contributed by atoms with E-state index in [9.17, 15) is 8.94 Å². The van der Waals surface area contributed by atoms with Gasteiger partial charge in [-0.2, -0.15) is 0 Å². The van der Waals surface area contributed by atoms with Gasteiger partial charge in [-0.25, -0.2) is 4.39 Å². The van der Waals surface area contributed by atoms with Crippen molar-refractivity contribution in [2.45, 2.75) is 57.6 Å². The number of pyridine rings is 1. The first kappa shape index (κ1) is 25.6. The predicted molar refractivity (Wildman–Crippen MR) is 144 cm³/mol. The van der Waals surface area contributed by atoms with Gasteiger partial charge in [0, 0.05) is 34.4 Å². The molecule has 4 rings (SSSR count).